The van der Waals surface area contributed by atoms with Gasteiger partial charge in [0.1, 0.15) is 17.3 Å². The quantitative estimate of drug-likeness (QED) is 0.339. The number of rotatable bonds is 9. The summed E-state index contributed by atoms with van der Waals surface area (Å²) < 4.78 is 48.2. The van der Waals surface area contributed by atoms with E-state index >= 15 is 0 Å². The van der Waals surface area contributed by atoms with Gasteiger partial charge >= 0.3 is 0 Å². The zero-order chi connectivity index (χ0) is 28.6. The van der Waals surface area contributed by atoms with Gasteiger partial charge in [0.15, 0.2) is 0 Å². The fourth-order valence-corrected chi connectivity index (χ4v) is 7.50. The number of hydrogen-bond acceptors (Lipinski definition) is 6. The molecular weight excluding hydrogens is 541 g/mol. The first-order valence-electron chi connectivity index (χ1n) is 13.8. The minimum Gasteiger partial charge on any atom is -0.457 e. The molecule has 3 aromatic carbocycles. The van der Waals surface area contributed by atoms with Gasteiger partial charge in [-0.15, -0.1) is 0 Å². The van der Waals surface area contributed by atoms with Gasteiger partial charge in [0.25, 0.3) is 0 Å². The van der Waals surface area contributed by atoms with E-state index in [9.17, 15) is 17.9 Å². The molecule has 0 saturated heterocycles. The van der Waals surface area contributed by atoms with Crippen LogP contribution in [0.25, 0.3) is 0 Å². The van der Waals surface area contributed by atoms with Crippen LogP contribution in [0.2, 0.25) is 0 Å². The van der Waals surface area contributed by atoms with Crippen LogP contribution in [-0.4, -0.2) is 37.5 Å². The highest BCUT2D eigenvalue weighted by Crippen LogP contribution is 2.48. The first kappa shape index (κ1) is 27.3. The molecule has 2 atom stereocenters. The van der Waals surface area contributed by atoms with Crippen LogP contribution in [0.3, 0.4) is 0 Å². The van der Waals surface area contributed by atoms with E-state index < -0.39 is 10.0 Å². The summed E-state index contributed by atoms with van der Waals surface area (Å²) in [5.74, 6) is 1.04. The van der Waals surface area contributed by atoms with Crippen LogP contribution >= 0.6 is 0 Å². The third-order valence-electron chi connectivity index (χ3n) is 8.00. The summed E-state index contributed by atoms with van der Waals surface area (Å²) in [5.41, 5.74) is 8.75. The van der Waals surface area contributed by atoms with Gasteiger partial charge in [0.2, 0.25) is 10.0 Å². The molecule has 2 N–H and O–H groups in total. The number of fused-ring (bicyclic) bond motifs is 1. The number of aliphatic hydroxyl groups is 1. The topological polar surface area (TPSA) is 82.1 Å². The van der Waals surface area contributed by atoms with Crippen molar-refractivity contribution < 1.29 is 22.7 Å². The fourth-order valence-electron chi connectivity index (χ4n) is 6.03. The van der Waals surface area contributed by atoms with Crippen molar-refractivity contribution >= 4 is 15.7 Å². The predicted octanol–water partition coefficient (Wildman–Crippen LogP) is 5.75. The minimum absolute atomic E-state index is 0.0157. The summed E-state index contributed by atoms with van der Waals surface area (Å²) in [6.07, 6.45) is 5.81. The Kier molecular flexibility index (Phi) is 7.42. The molecule has 212 valence electrons. The predicted molar refractivity (Wildman–Crippen MR) is 156 cm³/mol. The largest absolute Gasteiger partial charge is 0.457 e. The Morgan fingerprint density at radius 3 is 2.44 bits per heavy atom. The minimum atomic E-state index is -3.85. The number of benzene rings is 3. The van der Waals surface area contributed by atoms with E-state index in [0.29, 0.717) is 18.0 Å². The number of halogens is 1. The van der Waals surface area contributed by atoms with Crippen molar-refractivity contribution in [3.05, 3.63) is 119 Å². The number of allylic oxidation sites excluding steroid dienone is 3. The van der Waals surface area contributed by atoms with E-state index in [4.69, 9.17) is 4.74 Å². The van der Waals surface area contributed by atoms with Gasteiger partial charge in [-0.05, 0) is 91.1 Å². The van der Waals surface area contributed by atoms with Gasteiger partial charge in [0, 0.05) is 30.8 Å². The third-order valence-corrected chi connectivity index (χ3v) is 9.88. The van der Waals surface area contributed by atoms with Crippen LogP contribution < -0.4 is 15.2 Å². The van der Waals surface area contributed by atoms with E-state index in [1.807, 2.05) is 41.5 Å². The van der Waals surface area contributed by atoms with E-state index in [1.165, 1.54) is 27.6 Å². The molecule has 0 bridgehead atoms. The summed E-state index contributed by atoms with van der Waals surface area (Å²) >= 11 is 0. The maximum Gasteiger partial charge on any atom is 0.243 e. The second kappa shape index (κ2) is 11.2. The van der Waals surface area contributed by atoms with Crippen molar-refractivity contribution in [1.29, 1.82) is 0 Å². The fraction of sp³-hybridized carbons (Fsp3) is 0.250. The van der Waals surface area contributed by atoms with Gasteiger partial charge in [-0.3, -0.25) is 5.01 Å². The molecule has 0 amide bonds. The molecule has 0 unspecified atom stereocenters. The third kappa shape index (κ3) is 5.28. The lowest BCUT2D eigenvalue weighted by atomic mass is 9.80. The monoisotopic (exact) mass is 573 g/mol. The number of para-hydroxylation sites is 1. The Hall–Kier alpha value is -3.92. The molecule has 0 radical (unpaired) electrons. The molecule has 0 spiro atoms. The second-order valence-corrected chi connectivity index (χ2v) is 12.4. The first-order valence-corrected chi connectivity index (χ1v) is 15.2. The summed E-state index contributed by atoms with van der Waals surface area (Å²) in [6, 6.07) is 22.1. The van der Waals surface area contributed by atoms with E-state index in [-0.39, 0.29) is 35.7 Å². The average molecular weight is 574 g/mol. The van der Waals surface area contributed by atoms with Crippen molar-refractivity contribution in [3.63, 3.8) is 0 Å². The number of aliphatic hydroxyl groups excluding tert-OH is 1. The van der Waals surface area contributed by atoms with Crippen molar-refractivity contribution in [2.45, 2.75) is 24.7 Å². The number of nitrogens with one attached hydrogen (secondary N) is 1. The Balaban J connectivity index is 1.22. The van der Waals surface area contributed by atoms with E-state index in [1.54, 1.807) is 36.4 Å². The van der Waals surface area contributed by atoms with Crippen LogP contribution in [0.1, 0.15) is 19.8 Å². The zero-order valence-corrected chi connectivity index (χ0v) is 23.5. The molecule has 0 aromatic heterocycles. The Labute approximate surface area is 239 Å². The summed E-state index contributed by atoms with van der Waals surface area (Å²) in [6.45, 7) is 2.19. The normalized spacial score (nSPS) is 20.0. The Morgan fingerprint density at radius 1 is 1.02 bits per heavy atom. The standard InChI is InChI=1S/C32H32FN3O4S/c1-22-30-20-34-36(26-11-9-25(33)10-12-26)31(30)19-23-7-8-24(32(22)23)21-35(17-18-37)41(38,39)29-15-13-28(14-16-29)40-27-5-3-2-4-6-27/h2-6,9-16,19-20,22,24,34,37H,7-8,17-18,21H2,1H3/t22-,24+/m0/s1. The molecular formula is C32H32FN3O4S. The Morgan fingerprint density at radius 2 is 1.73 bits per heavy atom. The first-order chi connectivity index (χ1) is 19.8. The summed E-state index contributed by atoms with van der Waals surface area (Å²) in [4.78, 5) is 0.162. The van der Waals surface area contributed by atoms with Crippen LogP contribution in [0.5, 0.6) is 11.5 Å². The molecule has 9 heteroatoms. The lowest BCUT2D eigenvalue weighted by Gasteiger charge is -2.32. The maximum absolute atomic E-state index is 13.7. The summed E-state index contributed by atoms with van der Waals surface area (Å²) in [7, 11) is -3.85. The lowest BCUT2D eigenvalue weighted by molar-refractivity contribution is 0.243. The second-order valence-electron chi connectivity index (χ2n) is 10.5. The van der Waals surface area contributed by atoms with Crippen LogP contribution in [0.4, 0.5) is 10.1 Å². The van der Waals surface area contributed by atoms with Crippen LogP contribution in [0.15, 0.2) is 118 Å². The smallest absolute Gasteiger partial charge is 0.243 e. The van der Waals surface area contributed by atoms with Crippen molar-refractivity contribution in [1.82, 2.24) is 9.73 Å². The number of ether oxygens (including phenoxy) is 1. The highest BCUT2D eigenvalue weighted by atomic mass is 32.2. The van der Waals surface area contributed by atoms with Crippen molar-refractivity contribution in [2.24, 2.45) is 11.8 Å². The lowest BCUT2D eigenvalue weighted by Crippen LogP contribution is -2.38. The molecule has 0 fully saturated rings. The maximum atomic E-state index is 13.7. The number of sulfonamides is 1. The SMILES string of the molecule is C[C@H]1C2=CNN(c3ccc(F)cc3)C2=CC2=C1[C@@H](CN(CCO)S(=O)(=O)c1ccc(Oc3ccccc3)cc1)CC2. The highest BCUT2D eigenvalue weighted by Gasteiger charge is 2.39. The van der Waals surface area contributed by atoms with Gasteiger partial charge in [0.05, 0.1) is 22.9 Å². The van der Waals surface area contributed by atoms with E-state index in [2.05, 4.69) is 18.4 Å². The van der Waals surface area contributed by atoms with E-state index in [0.717, 1.165) is 29.8 Å². The van der Waals surface area contributed by atoms with Crippen molar-refractivity contribution in [3.8, 4) is 11.5 Å². The highest BCUT2D eigenvalue weighted by molar-refractivity contribution is 7.89. The molecule has 7 nitrogen and oxygen atoms in total. The molecule has 1 heterocycles. The van der Waals surface area contributed by atoms with Gasteiger partial charge in [-0.1, -0.05) is 30.7 Å². The zero-order valence-electron chi connectivity index (χ0n) is 22.7. The number of hydrazine groups is 1. The van der Waals surface area contributed by atoms with Crippen molar-refractivity contribution in [2.75, 3.05) is 24.7 Å². The summed E-state index contributed by atoms with van der Waals surface area (Å²) in [5, 5.41) is 11.8. The van der Waals surface area contributed by atoms with Gasteiger partial charge < -0.3 is 15.3 Å². The van der Waals surface area contributed by atoms with Crippen LogP contribution in [-0.2, 0) is 10.0 Å². The molecule has 41 heavy (non-hydrogen) atoms. The molecule has 1 aliphatic heterocycles. The van der Waals surface area contributed by atoms with Gasteiger partial charge in [-0.25, -0.2) is 12.8 Å². The Bertz CT molecular complexity index is 1620. The average Bonchev–Trinajstić information content (AvgIpc) is 3.59. The molecule has 3 aliphatic rings. The van der Waals surface area contributed by atoms with Gasteiger partial charge in [-0.2, -0.15) is 4.31 Å². The molecule has 0 saturated carbocycles. The number of anilines is 1. The van der Waals surface area contributed by atoms with Crippen LogP contribution in [0, 0.1) is 17.7 Å². The molecule has 3 aromatic rings. The number of nitrogens with zero attached hydrogens (tertiary/aromatic N) is 2. The molecule has 6 rings (SSSR count). The molecule has 2 aliphatic carbocycles. The number of hydrogen-bond donors (Lipinski definition) is 2.